The number of benzene rings is 1. The van der Waals surface area contributed by atoms with Gasteiger partial charge in [-0.1, -0.05) is 30.3 Å². The van der Waals surface area contributed by atoms with E-state index in [2.05, 4.69) is 20.8 Å². The largest absolute Gasteiger partial charge is 0.481 e. The number of carbonyl (C=O) groups excluding carboxylic acids is 3. The molecule has 1 amide bonds. The van der Waals surface area contributed by atoms with Gasteiger partial charge in [-0.25, -0.2) is 20.4 Å². The number of hydrazone groups is 1. The molecule has 2 atom stereocenters. The monoisotopic (exact) mass is 575 g/mol. The number of nitrogens with one attached hydrogen (secondary N) is 2. The molecule has 1 aliphatic heterocycles. The minimum Gasteiger partial charge on any atom is -0.481 e. The fraction of sp³-hybridized carbons (Fsp3) is 0.440. The van der Waals surface area contributed by atoms with E-state index in [4.69, 9.17) is 15.3 Å². The van der Waals surface area contributed by atoms with Crippen molar-refractivity contribution in [1.82, 2.24) is 25.6 Å². The molecule has 15 heteroatoms. The smallest absolute Gasteiger partial charge is 0.407 e. The van der Waals surface area contributed by atoms with Gasteiger partial charge in [-0.3, -0.25) is 20.0 Å². The van der Waals surface area contributed by atoms with Crippen LogP contribution in [0.1, 0.15) is 29.8 Å². The van der Waals surface area contributed by atoms with Gasteiger partial charge in [-0.2, -0.15) is 0 Å². The molecule has 0 saturated carbocycles. The zero-order chi connectivity index (χ0) is 28.9. The first-order chi connectivity index (χ1) is 19.2. The number of nitrogens with two attached hydrogens (primary N) is 1. The van der Waals surface area contributed by atoms with Crippen LogP contribution in [0, 0.1) is 0 Å². The third-order valence-electron chi connectivity index (χ3n) is 5.88. The molecule has 0 aliphatic carbocycles. The SMILES string of the molecule is CN(N)C(=NNCC(=O)C(CC(=O)O)NC(=O)OCCc1ccccc1)N1CCCC1C(=O)OCc1nccs1. The van der Waals surface area contributed by atoms with Crippen molar-refractivity contribution in [3.8, 4) is 0 Å². The summed E-state index contributed by atoms with van der Waals surface area (Å²) in [5.74, 6) is 3.78. The highest BCUT2D eigenvalue weighted by Gasteiger charge is 2.35. The molecule has 3 rings (SSSR count). The number of amides is 1. The summed E-state index contributed by atoms with van der Waals surface area (Å²) < 4.78 is 10.5. The van der Waals surface area contributed by atoms with E-state index in [-0.39, 0.29) is 19.2 Å². The average Bonchev–Trinajstić information content (AvgIpc) is 3.62. The Labute approximate surface area is 235 Å². The summed E-state index contributed by atoms with van der Waals surface area (Å²) in [6, 6.07) is 7.38. The number of aromatic nitrogens is 1. The molecule has 0 spiro atoms. The first-order valence-corrected chi connectivity index (χ1v) is 13.4. The molecule has 0 radical (unpaired) electrons. The Hall–Kier alpha value is -4.24. The summed E-state index contributed by atoms with van der Waals surface area (Å²) in [6.45, 7) is 0.185. The second-order valence-electron chi connectivity index (χ2n) is 8.88. The number of aliphatic carboxylic acids is 1. The van der Waals surface area contributed by atoms with Crippen molar-refractivity contribution in [2.75, 3.05) is 26.7 Å². The van der Waals surface area contributed by atoms with Crippen molar-refractivity contribution in [2.24, 2.45) is 10.9 Å². The van der Waals surface area contributed by atoms with Crippen LogP contribution in [0.2, 0.25) is 0 Å². The lowest BCUT2D eigenvalue weighted by Gasteiger charge is -2.29. The Balaban J connectivity index is 1.54. The maximum absolute atomic E-state index is 12.7. The van der Waals surface area contributed by atoms with Crippen LogP contribution in [0.3, 0.4) is 0 Å². The van der Waals surface area contributed by atoms with Gasteiger partial charge in [0.2, 0.25) is 5.96 Å². The first kappa shape index (κ1) is 30.3. The van der Waals surface area contributed by atoms with Crippen LogP contribution < -0.4 is 16.6 Å². The normalized spacial score (nSPS) is 15.7. The van der Waals surface area contributed by atoms with E-state index >= 15 is 0 Å². The van der Waals surface area contributed by atoms with Crippen LogP contribution in [0.15, 0.2) is 47.0 Å². The zero-order valence-electron chi connectivity index (χ0n) is 22.0. The number of hydrogen-bond acceptors (Lipinski definition) is 11. The lowest BCUT2D eigenvalue weighted by Crippen LogP contribution is -2.51. The molecule has 1 fully saturated rings. The third-order valence-corrected chi connectivity index (χ3v) is 6.63. The van der Waals surface area contributed by atoms with Crippen LogP contribution in [-0.4, -0.2) is 88.6 Å². The highest BCUT2D eigenvalue weighted by atomic mass is 32.1. The quantitative estimate of drug-likeness (QED) is 0.0861. The Kier molecular flexibility index (Phi) is 11.6. The van der Waals surface area contributed by atoms with Gasteiger partial charge in [0, 0.05) is 31.6 Å². The third kappa shape index (κ3) is 9.50. The van der Waals surface area contributed by atoms with Crippen molar-refractivity contribution in [3.05, 3.63) is 52.5 Å². The van der Waals surface area contributed by atoms with Gasteiger partial charge in [-0.15, -0.1) is 16.4 Å². The van der Waals surface area contributed by atoms with E-state index < -0.39 is 48.9 Å². The highest BCUT2D eigenvalue weighted by molar-refractivity contribution is 7.09. The van der Waals surface area contributed by atoms with Gasteiger partial charge in [-0.05, 0) is 18.4 Å². The number of likely N-dealkylation sites (tertiary alicyclic amines) is 1. The molecule has 1 aromatic heterocycles. The Morgan fingerprint density at radius 1 is 1.27 bits per heavy atom. The second-order valence-corrected chi connectivity index (χ2v) is 9.85. The Bertz CT molecular complexity index is 1160. The number of guanidine groups is 1. The molecule has 5 N–H and O–H groups in total. The summed E-state index contributed by atoms with van der Waals surface area (Å²) in [4.78, 5) is 54.7. The van der Waals surface area contributed by atoms with E-state index in [1.807, 2.05) is 30.3 Å². The Morgan fingerprint density at radius 2 is 2.05 bits per heavy atom. The van der Waals surface area contributed by atoms with Crippen LogP contribution in [0.5, 0.6) is 0 Å². The van der Waals surface area contributed by atoms with E-state index in [0.717, 1.165) is 5.56 Å². The topological polar surface area (TPSA) is 189 Å². The van der Waals surface area contributed by atoms with Crippen molar-refractivity contribution >= 4 is 41.1 Å². The molecule has 14 nitrogen and oxygen atoms in total. The number of Topliss-reactive ketones (excluding diaryl/α,β-unsaturated/α-hetero) is 1. The highest BCUT2D eigenvalue weighted by Crippen LogP contribution is 2.20. The van der Waals surface area contributed by atoms with Gasteiger partial charge in [0.25, 0.3) is 0 Å². The molecule has 2 unspecified atom stereocenters. The van der Waals surface area contributed by atoms with E-state index in [1.54, 1.807) is 16.5 Å². The van der Waals surface area contributed by atoms with Crippen LogP contribution >= 0.6 is 11.3 Å². The number of thiazole rings is 1. The van der Waals surface area contributed by atoms with Gasteiger partial charge >= 0.3 is 18.0 Å². The minimum atomic E-state index is -1.34. The number of hydrazine groups is 1. The predicted octanol–water partition coefficient (Wildman–Crippen LogP) is 0.698. The molecule has 216 valence electrons. The first-order valence-electron chi connectivity index (χ1n) is 12.6. The van der Waals surface area contributed by atoms with Gasteiger partial charge in [0.15, 0.2) is 5.78 Å². The molecular weight excluding hydrogens is 542 g/mol. The fourth-order valence-electron chi connectivity index (χ4n) is 3.97. The lowest BCUT2D eigenvalue weighted by atomic mass is 10.1. The number of hydrogen-bond donors (Lipinski definition) is 4. The van der Waals surface area contributed by atoms with Crippen molar-refractivity contribution < 1.29 is 33.8 Å². The number of ether oxygens (including phenoxy) is 2. The van der Waals surface area contributed by atoms with Crippen molar-refractivity contribution in [1.29, 1.82) is 0 Å². The molecule has 1 aromatic carbocycles. The summed E-state index contributed by atoms with van der Waals surface area (Å²) in [7, 11) is 1.53. The molecule has 1 saturated heterocycles. The number of rotatable bonds is 13. The van der Waals surface area contributed by atoms with E-state index in [0.29, 0.717) is 30.8 Å². The van der Waals surface area contributed by atoms with Crippen LogP contribution in [-0.2, 0) is 36.9 Å². The molecular formula is C25H33N7O7S. The number of carbonyl (C=O) groups is 4. The molecule has 0 bridgehead atoms. The standard InChI is InChI=1S/C25H33N7O7S/c1-31(26)24(32-11-5-8-19(32)23(36)39-16-21-27-10-13-40-21)30-28-15-20(33)18(14-22(34)35)29-25(37)38-12-9-17-6-3-2-4-7-17/h2-4,6-7,10,13,18-19,28H,5,8-9,11-12,14-16,26H2,1H3,(H,29,37)(H,34,35). The average molecular weight is 576 g/mol. The summed E-state index contributed by atoms with van der Waals surface area (Å²) in [5.41, 5.74) is 3.54. The zero-order valence-corrected chi connectivity index (χ0v) is 22.8. The van der Waals surface area contributed by atoms with Crippen molar-refractivity contribution in [3.63, 3.8) is 0 Å². The number of esters is 1. The number of carboxylic acids is 1. The minimum absolute atomic E-state index is 0.0574. The van der Waals surface area contributed by atoms with E-state index in [9.17, 15) is 24.3 Å². The number of alkyl carbamates (subject to hydrolysis) is 1. The van der Waals surface area contributed by atoms with Gasteiger partial charge in [0.1, 0.15) is 23.7 Å². The lowest BCUT2D eigenvalue weighted by molar-refractivity contribution is -0.149. The number of nitrogens with zero attached hydrogens (tertiary/aromatic N) is 4. The maximum Gasteiger partial charge on any atom is 0.407 e. The summed E-state index contributed by atoms with van der Waals surface area (Å²) in [6.07, 6.45) is 1.77. The maximum atomic E-state index is 12.7. The van der Waals surface area contributed by atoms with E-state index in [1.165, 1.54) is 23.4 Å². The summed E-state index contributed by atoms with van der Waals surface area (Å²) in [5, 5.41) is 19.4. The number of carboxylic acid groups (broad SMARTS) is 1. The van der Waals surface area contributed by atoms with Gasteiger partial charge in [0.05, 0.1) is 19.6 Å². The Morgan fingerprint density at radius 3 is 2.73 bits per heavy atom. The number of ketones is 1. The molecule has 1 aliphatic rings. The fourth-order valence-corrected chi connectivity index (χ4v) is 4.50. The van der Waals surface area contributed by atoms with Crippen molar-refractivity contribution in [2.45, 2.75) is 44.4 Å². The molecule has 2 heterocycles. The molecule has 40 heavy (non-hydrogen) atoms. The van der Waals surface area contributed by atoms with Gasteiger partial charge < -0.3 is 24.8 Å². The van der Waals surface area contributed by atoms with Crippen LogP contribution in [0.4, 0.5) is 4.79 Å². The predicted molar refractivity (Wildman–Crippen MR) is 145 cm³/mol. The van der Waals surface area contributed by atoms with Crippen LogP contribution in [0.25, 0.3) is 0 Å². The second kappa shape index (κ2) is 15.4. The molecule has 2 aromatic rings. The summed E-state index contributed by atoms with van der Waals surface area (Å²) >= 11 is 1.38.